The highest BCUT2D eigenvalue weighted by molar-refractivity contribution is 5.88. The number of hydrogen-bond acceptors (Lipinski definition) is 6. The zero-order chi connectivity index (χ0) is 31.7. The van der Waals surface area contributed by atoms with Gasteiger partial charge in [-0.15, -0.1) is 24.8 Å². The van der Waals surface area contributed by atoms with E-state index in [0.29, 0.717) is 6.42 Å². The summed E-state index contributed by atoms with van der Waals surface area (Å²) in [6.07, 6.45) is 19.5. The van der Waals surface area contributed by atoms with Gasteiger partial charge < -0.3 is 19.1 Å². The molecule has 1 saturated heterocycles. The average molecular weight is 694 g/mol. The lowest BCUT2D eigenvalue weighted by molar-refractivity contribution is -0.166. The summed E-state index contributed by atoms with van der Waals surface area (Å²) in [4.78, 5) is 18.9. The van der Waals surface area contributed by atoms with Gasteiger partial charge in [-0.2, -0.15) is 0 Å². The van der Waals surface area contributed by atoms with Crippen molar-refractivity contribution in [2.75, 3.05) is 46.9 Å². The summed E-state index contributed by atoms with van der Waals surface area (Å²) in [5.74, 6) is 0.559. The standard InChI is InChI=1S/C39H60N2O4.2ClH/c1-4-5-6-7-8-9-10-11-12-13-14-15-16-20-27-40-28-30-41(31-29-40)37(33-21-18-17-19-22-33)45-38(42)39(32-36(39)44-3)34-23-25-35(43-2)26-24-34;;/h17-19,21-26,36-37H,4-16,20,27-32H2,1-3H3;2*1H. The topological polar surface area (TPSA) is 51.2 Å². The van der Waals surface area contributed by atoms with Crippen LogP contribution in [0.3, 0.4) is 0 Å². The normalized spacial score (nSPS) is 20.1. The summed E-state index contributed by atoms with van der Waals surface area (Å²) in [5.41, 5.74) is 1.17. The van der Waals surface area contributed by atoms with E-state index < -0.39 is 11.6 Å². The second-order valence-corrected chi connectivity index (χ2v) is 13.3. The molecule has 2 aliphatic rings. The summed E-state index contributed by atoms with van der Waals surface area (Å²) < 4.78 is 17.5. The Labute approximate surface area is 298 Å². The molecule has 0 amide bonds. The van der Waals surface area contributed by atoms with Crippen molar-refractivity contribution in [2.24, 2.45) is 0 Å². The van der Waals surface area contributed by atoms with Gasteiger partial charge in [-0.3, -0.25) is 9.69 Å². The van der Waals surface area contributed by atoms with Crippen LogP contribution in [0.5, 0.6) is 5.75 Å². The second kappa shape index (κ2) is 22.7. The molecule has 6 nitrogen and oxygen atoms in total. The van der Waals surface area contributed by atoms with E-state index in [-0.39, 0.29) is 36.9 Å². The molecular formula is C39H62Cl2N2O4. The van der Waals surface area contributed by atoms with Gasteiger partial charge in [0.15, 0.2) is 6.23 Å². The zero-order valence-corrected chi connectivity index (χ0v) is 31.0. The van der Waals surface area contributed by atoms with Crippen LogP contribution < -0.4 is 4.74 Å². The third kappa shape index (κ3) is 12.5. The molecule has 1 heterocycles. The largest absolute Gasteiger partial charge is 0.497 e. The first-order chi connectivity index (χ1) is 22.1. The van der Waals surface area contributed by atoms with Gasteiger partial charge in [0.1, 0.15) is 11.2 Å². The third-order valence-electron chi connectivity index (χ3n) is 10.0. The Morgan fingerprint density at radius 2 is 1.28 bits per heavy atom. The van der Waals surface area contributed by atoms with Crippen LogP contribution in [0.2, 0.25) is 0 Å². The fourth-order valence-corrected chi connectivity index (χ4v) is 6.97. The van der Waals surface area contributed by atoms with Crippen molar-refractivity contribution in [3.8, 4) is 5.75 Å². The number of halogens is 2. The lowest BCUT2D eigenvalue weighted by Crippen LogP contribution is -2.49. The van der Waals surface area contributed by atoms with Gasteiger partial charge in [-0.1, -0.05) is 133 Å². The number of rotatable bonds is 22. The Bertz CT molecular complexity index is 1100. The van der Waals surface area contributed by atoms with Crippen molar-refractivity contribution >= 4 is 30.8 Å². The van der Waals surface area contributed by atoms with E-state index in [9.17, 15) is 4.79 Å². The quantitative estimate of drug-likeness (QED) is 0.0905. The molecule has 47 heavy (non-hydrogen) atoms. The lowest BCUT2D eigenvalue weighted by atomic mass is 9.95. The number of ether oxygens (including phenoxy) is 3. The van der Waals surface area contributed by atoms with Crippen molar-refractivity contribution in [1.82, 2.24) is 9.80 Å². The van der Waals surface area contributed by atoms with Crippen LogP contribution in [0, 0.1) is 0 Å². The molecule has 0 radical (unpaired) electrons. The molecule has 2 aromatic carbocycles. The van der Waals surface area contributed by atoms with Crippen LogP contribution in [0.25, 0.3) is 0 Å². The molecule has 0 bridgehead atoms. The van der Waals surface area contributed by atoms with Crippen LogP contribution in [-0.2, 0) is 19.7 Å². The fraction of sp³-hybridized carbons (Fsp3) is 0.667. The molecule has 1 aliphatic carbocycles. The van der Waals surface area contributed by atoms with Gasteiger partial charge in [0.25, 0.3) is 0 Å². The molecule has 2 aromatic rings. The predicted molar refractivity (Wildman–Crippen MR) is 198 cm³/mol. The van der Waals surface area contributed by atoms with Crippen LogP contribution in [0.1, 0.15) is 121 Å². The first-order valence-corrected chi connectivity index (χ1v) is 18.0. The SMILES string of the molecule is CCCCCCCCCCCCCCCCN1CCN(C(OC(=O)C2(c3ccc(OC)cc3)CC2OC)c2ccccc2)CC1.Cl.Cl. The molecule has 4 rings (SSSR count). The molecule has 2 fully saturated rings. The molecule has 0 N–H and O–H groups in total. The second-order valence-electron chi connectivity index (χ2n) is 13.3. The first-order valence-electron chi connectivity index (χ1n) is 18.0. The Hall–Kier alpha value is -1.83. The first kappa shape index (κ1) is 41.3. The molecule has 1 aliphatic heterocycles. The molecule has 8 heteroatoms. The van der Waals surface area contributed by atoms with Crippen LogP contribution >= 0.6 is 24.8 Å². The van der Waals surface area contributed by atoms with Gasteiger partial charge in [0.05, 0.1) is 13.2 Å². The van der Waals surface area contributed by atoms with Crippen molar-refractivity contribution in [1.29, 1.82) is 0 Å². The van der Waals surface area contributed by atoms with Crippen LogP contribution in [-0.4, -0.2) is 68.8 Å². The maximum atomic E-state index is 13.9. The van der Waals surface area contributed by atoms with Gasteiger partial charge in [0.2, 0.25) is 0 Å². The predicted octanol–water partition coefficient (Wildman–Crippen LogP) is 9.54. The van der Waals surface area contributed by atoms with Crippen LogP contribution in [0.15, 0.2) is 54.6 Å². The summed E-state index contributed by atoms with van der Waals surface area (Å²) in [6, 6.07) is 17.9. The van der Waals surface area contributed by atoms with E-state index in [1.165, 1.54) is 89.9 Å². The van der Waals surface area contributed by atoms with E-state index in [1.54, 1.807) is 14.2 Å². The number of carbonyl (C=O) groups excluding carboxylic acids is 1. The van der Waals surface area contributed by atoms with Crippen LogP contribution in [0.4, 0.5) is 0 Å². The molecule has 0 aromatic heterocycles. The van der Waals surface area contributed by atoms with Crippen molar-refractivity contribution < 1.29 is 19.0 Å². The number of carbonyl (C=O) groups is 1. The number of piperazine rings is 1. The maximum absolute atomic E-state index is 13.9. The van der Waals surface area contributed by atoms with Crippen molar-refractivity contribution in [2.45, 2.75) is 121 Å². The Balaban J connectivity index is 0.00000384. The summed E-state index contributed by atoms with van der Waals surface area (Å²) in [7, 11) is 3.33. The molecule has 3 atom stereocenters. The van der Waals surface area contributed by atoms with Gasteiger partial charge >= 0.3 is 5.97 Å². The molecule has 266 valence electrons. The Morgan fingerprint density at radius 3 is 1.77 bits per heavy atom. The molecule has 0 spiro atoms. The van der Waals surface area contributed by atoms with Gasteiger partial charge in [0, 0.05) is 38.9 Å². The number of hydrogen-bond donors (Lipinski definition) is 0. The Morgan fingerprint density at radius 1 is 0.745 bits per heavy atom. The van der Waals surface area contributed by atoms with E-state index in [0.717, 1.165) is 49.6 Å². The molecular weight excluding hydrogens is 631 g/mol. The number of benzene rings is 2. The summed E-state index contributed by atoms with van der Waals surface area (Å²) >= 11 is 0. The Kier molecular flexibility index (Phi) is 20.0. The maximum Gasteiger partial charge on any atom is 0.321 e. The number of esters is 1. The lowest BCUT2D eigenvalue weighted by Gasteiger charge is -2.39. The zero-order valence-electron chi connectivity index (χ0n) is 29.3. The summed E-state index contributed by atoms with van der Waals surface area (Å²) in [5, 5.41) is 0. The van der Waals surface area contributed by atoms with E-state index in [2.05, 4.69) is 28.9 Å². The minimum atomic E-state index is -0.774. The fourth-order valence-electron chi connectivity index (χ4n) is 6.97. The number of methoxy groups -OCH3 is 2. The average Bonchev–Trinajstić information content (AvgIpc) is 3.84. The van der Waals surface area contributed by atoms with Gasteiger partial charge in [-0.05, 0) is 37.1 Å². The highest BCUT2D eigenvalue weighted by Gasteiger charge is 2.64. The van der Waals surface area contributed by atoms with E-state index in [1.807, 2.05) is 42.5 Å². The molecule has 1 saturated carbocycles. The monoisotopic (exact) mass is 692 g/mol. The minimum Gasteiger partial charge on any atom is -0.497 e. The van der Waals surface area contributed by atoms with E-state index >= 15 is 0 Å². The minimum absolute atomic E-state index is 0. The smallest absolute Gasteiger partial charge is 0.321 e. The molecule has 3 unspecified atom stereocenters. The number of nitrogens with zero attached hydrogens (tertiary/aromatic N) is 2. The van der Waals surface area contributed by atoms with Crippen molar-refractivity contribution in [3.05, 3.63) is 65.7 Å². The highest BCUT2D eigenvalue weighted by Crippen LogP contribution is 2.52. The van der Waals surface area contributed by atoms with Gasteiger partial charge in [-0.25, -0.2) is 0 Å². The number of unbranched alkanes of at least 4 members (excludes halogenated alkanes) is 13. The third-order valence-corrected chi connectivity index (χ3v) is 10.0. The van der Waals surface area contributed by atoms with Crippen molar-refractivity contribution in [3.63, 3.8) is 0 Å². The highest BCUT2D eigenvalue weighted by atomic mass is 35.5. The van der Waals surface area contributed by atoms with E-state index in [4.69, 9.17) is 14.2 Å². The summed E-state index contributed by atoms with van der Waals surface area (Å²) in [6.45, 7) is 7.23.